The highest BCUT2D eigenvalue weighted by atomic mass is 19.1. The molecule has 1 unspecified atom stereocenters. The van der Waals surface area contributed by atoms with Gasteiger partial charge in [0, 0.05) is 6.54 Å². The van der Waals surface area contributed by atoms with Crippen LogP contribution in [0.5, 0.6) is 0 Å². The molecule has 0 radical (unpaired) electrons. The van der Waals surface area contributed by atoms with E-state index in [2.05, 4.69) is 0 Å². The molecule has 1 aromatic rings. The number of benzene rings is 1. The van der Waals surface area contributed by atoms with Crippen LogP contribution in [0.3, 0.4) is 0 Å². The average molecular weight is 266 g/mol. The number of hydrogen-bond donors (Lipinski definition) is 2. The van der Waals surface area contributed by atoms with Gasteiger partial charge in [0.05, 0.1) is 11.3 Å². The molecule has 1 heterocycles. The Morgan fingerprint density at radius 1 is 1.37 bits per heavy atom. The summed E-state index contributed by atoms with van der Waals surface area (Å²) in [4.78, 5) is 24.1. The summed E-state index contributed by atoms with van der Waals surface area (Å²) < 4.78 is 14.0. The van der Waals surface area contributed by atoms with Gasteiger partial charge in [-0.1, -0.05) is 6.07 Å². The molecule has 2 rings (SSSR count). The van der Waals surface area contributed by atoms with Crippen LogP contribution in [0.25, 0.3) is 0 Å². The lowest BCUT2D eigenvalue weighted by Crippen LogP contribution is -2.48. The Labute approximate surface area is 109 Å². The molecule has 1 aliphatic rings. The third kappa shape index (κ3) is 2.52. The minimum atomic E-state index is -1.22. The summed E-state index contributed by atoms with van der Waals surface area (Å²) in [6, 6.07) is 3.21. The Hall–Kier alpha value is -2.11. The van der Waals surface area contributed by atoms with Crippen LogP contribution in [-0.2, 0) is 4.79 Å². The van der Waals surface area contributed by atoms with Gasteiger partial charge in [0.25, 0.3) is 0 Å². The van der Waals surface area contributed by atoms with Gasteiger partial charge in [-0.2, -0.15) is 0 Å². The zero-order chi connectivity index (χ0) is 14.0. The van der Waals surface area contributed by atoms with Crippen molar-refractivity contribution in [2.24, 2.45) is 5.73 Å². The lowest BCUT2D eigenvalue weighted by atomic mass is 9.99. The Bertz CT molecular complexity index is 519. The van der Waals surface area contributed by atoms with Gasteiger partial charge in [-0.25, -0.2) is 9.18 Å². The van der Waals surface area contributed by atoms with E-state index in [1.54, 1.807) is 0 Å². The number of primary amides is 1. The molecule has 0 aromatic heterocycles. The fourth-order valence-corrected chi connectivity index (χ4v) is 2.47. The van der Waals surface area contributed by atoms with Gasteiger partial charge >= 0.3 is 5.97 Å². The molecule has 102 valence electrons. The number of carbonyl (C=O) groups is 2. The van der Waals surface area contributed by atoms with Gasteiger partial charge < -0.3 is 15.7 Å². The molecule has 0 spiro atoms. The standard InChI is InChI=1S/C13H15FN2O3/c14-9-5-3-4-8(13(18)19)11(9)16-7-2-1-6-10(16)12(15)17/h3-5,10H,1-2,6-7H2,(H2,15,17)(H,18,19). The predicted molar refractivity (Wildman–Crippen MR) is 67.5 cm³/mol. The number of anilines is 1. The third-order valence-electron chi connectivity index (χ3n) is 3.34. The largest absolute Gasteiger partial charge is 0.478 e. The number of nitrogens with zero attached hydrogens (tertiary/aromatic N) is 1. The van der Waals surface area contributed by atoms with E-state index in [0.717, 1.165) is 12.8 Å². The number of carboxylic acids is 1. The van der Waals surface area contributed by atoms with Crippen molar-refractivity contribution in [3.05, 3.63) is 29.6 Å². The Kier molecular flexibility index (Phi) is 3.69. The maximum atomic E-state index is 14.0. The van der Waals surface area contributed by atoms with E-state index < -0.39 is 23.7 Å². The van der Waals surface area contributed by atoms with Crippen molar-refractivity contribution in [3.8, 4) is 0 Å². The lowest BCUT2D eigenvalue weighted by molar-refractivity contribution is -0.119. The molecule has 0 aliphatic carbocycles. The van der Waals surface area contributed by atoms with Gasteiger partial charge in [0.15, 0.2) is 0 Å². The average Bonchev–Trinajstić information content (AvgIpc) is 2.38. The summed E-state index contributed by atoms with van der Waals surface area (Å²) in [5.74, 6) is -2.42. The van der Waals surface area contributed by atoms with Crippen molar-refractivity contribution in [2.75, 3.05) is 11.4 Å². The molecule has 1 amide bonds. The Morgan fingerprint density at radius 2 is 2.11 bits per heavy atom. The molecule has 1 aromatic carbocycles. The van der Waals surface area contributed by atoms with E-state index >= 15 is 0 Å². The van der Waals surface area contributed by atoms with Gasteiger partial charge in [-0.3, -0.25) is 4.79 Å². The zero-order valence-electron chi connectivity index (χ0n) is 10.3. The second-order valence-electron chi connectivity index (χ2n) is 4.55. The highest BCUT2D eigenvalue weighted by molar-refractivity contribution is 5.96. The van der Waals surface area contributed by atoms with Crippen LogP contribution >= 0.6 is 0 Å². The normalized spacial score (nSPS) is 19.2. The van der Waals surface area contributed by atoms with Gasteiger partial charge in [-0.15, -0.1) is 0 Å². The second kappa shape index (κ2) is 5.26. The first kappa shape index (κ1) is 13.3. The number of para-hydroxylation sites is 1. The molecule has 1 aliphatic heterocycles. The van der Waals surface area contributed by atoms with Crippen LogP contribution in [0.15, 0.2) is 18.2 Å². The van der Waals surface area contributed by atoms with Crippen molar-refractivity contribution in [2.45, 2.75) is 25.3 Å². The van der Waals surface area contributed by atoms with E-state index in [0.29, 0.717) is 13.0 Å². The summed E-state index contributed by atoms with van der Waals surface area (Å²) in [5, 5.41) is 9.14. The maximum Gasteiger partial charge on any atom is 0.337 e. The van der Waals surface area contributed by atoms with Crippen molar-refractivity contribution >= 4 is 17.6 Å². The van der Waals surface area contributed by atoms with E-state index in [9.17, 15) is 14.0 Å². The number of carboxylic acid groups (broad SMARTS) is 1. The first-order chi connectivity index (χ1) is 9.02. The van der Waals surface area contributed by atoms with E-state index in [1.165, 1.54) is 23.1 Å². The third-order valence-corrected chi connectivity index (χ3v) is 3.34. The van der Waals surface area contributed by atoms with E-state index in [4.69, 9.17) is 10.8 Å². The maximum absolute atomic E-state index is 14.0. The van der Waals surface area contributed by atoms with Gasteiger partial charge in [0.2, 0.25) is 5.91 Å². The number of halogens is 1. The quantitative estimate of drug-likeness (QED) is 0.865. The number of rotatable bonds is 3. The molecule has 5 nitrogen and oxygen atoms in total. The smallest absolute Gasteiger partial charge is 0.337 e. The van der Waals surface area contributed by atoms with Gasteiger partial charge in [-0.05, 0) is 31.4 Å². The minimum Gasteiger partial charge on any atom is -0.478 e. The van der Waals surface area contributed by atoms with Crippen LogP contribution in [0.2, 0.25) is 0 Å². The minimum absolute atomic E-state index is 0.0431. The molecule has 6 heteroatoms. The molecule has 0 saturated carbocycles. The highest BCUT2D eigenvalue weighted by Gasteiger charge is 2.31. The van der Waals surface area contributed by atoms with Crippen LogP contribution < -0.4 is 10.6 Å². The van der Waals surface area contributed by atoms with Gasteiger partial charge in [0.1, 0.15) is 11.9 Å². The Balaban J connectivity index is 2.49. The van der Waals surface area contributed by atoms with Crippen molar-refractivity contribution in [1.29, 1.82) is 0 Å². The van der Waals surface area contributed by atoms with Crippen molar-refractivity contribution < 1.29 is 19.1 Å². The number of nitrogens with two attached hydrogens (primary N) is 1. The number of aromatic carboxylic acids is 1. The SMILES string of the molecule is NC(=O)C1CCCCN1c1c(F)cccc1C(=O)O. The molecule has 0 bridgehead atoms. The zero-order valence-corrected chi connectivity index (χ0v) is 10.3. The second-order valence-corrected chi connectivity index (χ2v) is 4.55. The molecule has 19 heavy (non-hydrogen) atoms. The summed E-state index contributed by atoms with van der Waals surface area (Å²) in [6.45, 7) is 0.425. The van der Waals surface area contributed by atoms with E-state index in [1.807, 2.05) is 0 Å². The Morgan fingerprint density at radius 3 is 2.74 bits per heavy atom. The molecule has 1 saturated heterocycles. The number of amides is 1. The number of carbonyl (C=O) groups excluding carboxylic acids is 1. The summed E-state index contributed by atoms with van der Waals surface area (Å²) in [7, 11) is 0. The molecular weight excluding hydrogens is 251 g/mol. The summed E-state index contributed by atoms with van der Waals surface area (Å²) in [5.41, 5.74) is 5.13. The fourth-order valence-electron chi connectivity index (χ4n) is 2.47. The topological polar surface area (TPSA) is 83.6 Å². The fraction of sp³-hybridized carbons (Fsp3) is 0.385. The lowest BCUT2D eigenvalue weighted by Gasteiger charge is -2.36. The van der Waals surface area contributed by atoms with Crippen molar-refractivity contribution in [1.82, 2.24) is 0 Å². The molecular formula is C13H15FN2O3. The predicted octanol–water partition coefficient (Wildman–Crippen LogP) is 1.37. The highest BCUT2D eigenvalue weighted by Crippen LogP contribution is 2.30. The van der Waals surface area contributed by atoms with Crippen LogP contribution in [0.4, 0.5) is 10.1 Å². The van der Waals surface area contributed by atoms with Crippen molar-refractivity contribution in [3.63, 3.8) is 0 Å². The molecule has 3 N–H and O–H groups in total. The van der Waals surface area contributed by atoms with Crippen LogP contribution in [-0.4, -0.2) is 29.6 Å². The molecule has 1 atom stereocenters. The number of hydrogen-bond acceptors (Lipinski definition) is 3. The first-order valence-corrected chi connectivity index (χ1v) is 6.10. The number of piperidine rings is 1. The first-order valence-electron chi connectivity index (χ1n) is 6.10. The van der Waals surface area contributed by atoms with E-state index in [-0.39, 0.29) is 11.3 Å². The summed E-state index contributed by atoms with van der Waals surface area (Å²) in [6.07, 6.45) is 2.11. The monoisotopic (exact) mass is 266 g/mol. The summed E-state index contributed by atoms with van der Waals surface area (Å²) >= 11 is 0. The van der Waals surface area contributed by atoms with Crippen LogP contribution in [0, 0.1) is 5.82 Å². The molecule has 1 fully saturated rings. The van der Waals surface area contributed by atoms with Crippen LogP contribution in [0.1, 0.15) is 29.6 Å².